The number of aromatic nitrogens is 6. The van der Waals surface area contributed by atoms with Crippen molar-refractivity contribution in [3.8, 4) is 22.5 Å². The smallest absolute Gasteiger partial charge is 0.233 e. The van der Waals surface area contributed by atoms with Gasteiger partial charge in [-0.25, -0.2) is 9.97 Å². The molecule has 1 aliphatic rings. The van der Waals surface area contributed by atoms with Crippen LogP contribution in [0.5, 0.6) is 0 Å². The Morgan fingerprint density at radius 1 is 1.05 bits per heavy atom. The first kappa shape index (κ1) is 26.1. The van der Waals surface area contributed by atoms with Crippen molar-refractivity contribution in [1.82, 2.24) is 45.7 Å². The summed E-state index contributed by atoms with van der Waals surface area (Å²) in [6, 6.07) is 14.9. The molecule has 2 aromatic carbocycles. The monoisotopic (exact) mass is 537 g/mol. The van der Waals surface area contributed by atoms with E-state index in [9.17, 15) is 4.79 Å². The number of imidazole rings is 2. The summed E-state index contributed by atoms with van der Waals surface area (Å²) in [6.45, 7) is 2.13. The van der Waals surface area contributed by atoms with Crippen LogP contribution in [0, 0.1) is 0 Å². The third-order valence-corrected chi connectivity index (χ3v) is 7.66. The summed E-state index contributed by atoms with van der Waals surface area (Å²) in [6.07, 6.45) is 6.90. The van der Waals surface area contributed by atoms with E-state index < -0.39 is 0 Å². The fourth-order valence-corrected chi connectivity index (χ4v) is 5.45. The van der Waals surface area contributed by atoms with E-state index >= 15 is 0 Å². The molecular formula is C30H35N9O. The van der Waals surface area contributed by atoms with Gasteiger partial charge in [-0.3, -0.25) is 9.69 Å². The van der Waals surface area contributed by atoms with Crippen molar-refractivity contribution in [2.24, 2.45) is 0 Å². The largest absolute Gasteiger partial charge is 0.355 e. The van der Waals surface area contributed by atoms with Crippen LogP contribution in [0.3, 0.4) is 0 Å². The first-order chi connectivity index (χ1) is 19.6. The molecule has 5 aromatic rings. The number of fused-ring (bicyclic) bond motifs is 2. The molecule has 4 N–H and O–H groups in total. The number of hydrogen-bond donors (Lipinski definition) is 4. The lowest BCUT2D eigenvalue weighted by Crippen LogP contribution is -2.32. The maximum atomic E-state index is 11.5. The molecule has 10 nitrogen and oxygen atoms in total. The number of nitrogens with zero attached hydrogens (tertiary/aromatic N) is 5. The number of nitrogens with one attached hydrogen (secondary N) is 4. The summed E-state index contributed by atoms with van der Waals surface area (Å²) < 4.78 is 0. The van der Waals surface area contributed by atoms with Gasteiger partial charge in [0.15, 0.2) is 0 Å². The first-order valence-electron chi connectivity index (χ1n) is 14.0. The van der Waals surface area contributed by atoms with E-state index in [2.05, 4.69) is 84.1 Å². The van der Waals surface area contributed by atoms with E-state index in [0.29, 0.717) is 19.1 Å². The second kappa shape index (κ2) is 11.5. The van der Waals surface area contributed by atoms with E-state index in [4.69, 9.17) is 4.98 Å². The highest BCUT2D eigenvalue weighted by atomic mass is 16.1. The van der Waals surface area contributed by atoms with Crippen molar-refractivity contribution in [2.45, 2.75) is 38.1 Å². The molecule has 206 valence electrons. The van der Waals surface area contributed by atoms with E-state index in [1.54, 1.807) is 7.05 Å². The summed E-state index contributed by atoms with van der Waals surface area (Å²) in [7, 11) is 3.93. The number of rotatable bonds is 10. The summed E-state index contributed by atoms with van der Waals surface area (Å²) in [5.74, 6) is 2.00. The minimum Gasteiger partial charge on any atom is -0.355 e. The third kappa shape index (κ3) is 5.59. The molecule has 0 radical (unpaired) electrons. The SMILES string of the molecule is CNCC(=O)NCCCCc1ncc(-c2ccc3cc(-c4ccc5nc(C6CCCN6C)[nH]c5c4)nnc3c2)[nH]1. The molecular weight excluding hydrogens is 502 g/mol. The van der Waals surface area contributed by atoms with Gasteiger partial charge < -0.3 is 20.6 Å². The zero-order valence-corrected chi connectivity index (χ0v) is 23.0. The third-order valence-electron chi connectivity index (χ3n) is 7.66. The number of unbranched alkanes of at least 4 members (excludes halogenated alkanes) is 1. The van der Waals surface area contributed by atoms with Crippen LogP contribution >= 0.6 is 0 Å². The molecule has 3 aromatic heterocycles. The summed E-state index contributed by atoms with van der Waals surface area (Å²) in [5, 5.41) is 15.9. The van der Waals surface area contributed by atoms with Gasteiger partial charge in [-0.05, 0) is 70.6 Å². The number of amides is 1. The summed E-state index contributed by atoms with van der Waals surface area (Å²) in [4.78, 5) is 30.2. The number of carbonyl (C=O) groups is 1. The van der Waals surface area contributed by atoms with Crippen molar-refractivity contribution in [1.29, 1.82) is 0 Å². The van der Waals surface area contributed by atoms with Crippen LogP contribution in [-0.4, -0.2) is 74.7 Å². The molecule has 0 saturated carbocycles. The molecule has 1 aliphatic heterocycles. The molecule has 4 heterocycles. The number of aryl methyl sites for hydroxylation is 1. The van der Waals surface area contributed by atoms with Gasteiger partial charge in [0, 0.05) is 29.5 Å². The zero-order chi connectivity index (χ0) is 27.5. The maximum absolute atomic E-state index is 11.5. The summed E-state index contributed by atoms with van der Waals surface area (Å²) in [5.41, 5.74) is 6.67. The highest BCUT2D eigenvalue weighted by Crippen LogP contribution is 2.31. The van der Waals surface area contributed by atoms with E-state index in [0.717, 1.165) is 88.3 Å². The fourth-order valence-electron chi connectivity index (χ4n) is 5.45. The lowest BCUT2D eigenvalue weighted by atomic mass is 10.1. The van der Waals surface area contributed by atoms with E-state index in [1.807, 2.05) is 12.3 Å². The standard InChI is InChI=1S/C30H35N9O/c1-31-18-29(40)32-12-4-3-7-28-33-17-26(34-28)21-9-8-19-14-23(37-38-24(19)15-21)20-10-11-22-25(16-20)36-30(35-22)27-6-5-13-39(27)2/h8-11,14-17,27,31H,3-7,12-13,18H2,1-2H3,(H,32,40)(H,33,34)(H,35,36). The van der Waals surface area contributed by atoms with Crippen molar-refractivity contribution >= 4 is 27.8 Å². The molecule has 1 amide bonds. The number of benzene rings is 2. The van der Waals surface area contributed by atoms with Gasteiger partial charge in [-0.2, -0.15) is 0 Å². The fraction of sp³-hybridized carbons (Fsp3) is 0.367. The lowest BCUT2D eigenvalue weighted by Gasteiger charge is -2.16. The molecule has 6 rings (SSSR count). The predicted molar refractivity (Wildman–Crippen MR) is 157 cm³/mol. The number of carbonyl (C=O) groups excluding carboxylic acids is 1. The Morgan fingerprint density at radius 2 is 1.95 bits per heavy atom. The van der Waals surface area contributed by atoms with Gasteiger partial charge in [-0.15, -0.1) is 10.2 Å². The lowest BCUT2D eigenvalue weighted by molar-refractivity contribution is -0.120. The van der Waals surface area contributed by atoms with Gasteiger partial charge >= 0.3 is 0 Å². The second-order valence-electron chi connectivity index (χ2n) is 10.6. The van der Waals surface area contributed by atoms with Crippen LogP contribution < -0.4 is 10.6 Å². The van der Waals surface area contributed by atoms with Crippen LogP contribution in [0.15, 0.2) is 48.7 Å². The normalized spacial score (nSPS) is 15.8. The van der Waals surface area contributed by atoms with Gasteiger partial charge in [0.25, 0.3) is 0 Å². The molecule has 1 fully saturated rings. The van der Waals surface area contributed by atoms with Gasteiger partial charge in [0.05, 0.1) is 46.7 Å². The molecule has 0 aliphatic carbocycles. The van der Waals surface area contributed by atoms with Gasteiger partial charge in [0.2, 0.25) is 5.91 Å². The molecule has 0 bridgehead atoms. The number of likely N-dealkylation sites (tertiary alicyclic amines) is 1. The topological polar surface area (TPSA) is 128 Å². The highest BCUT2D eigenvalue weighted by molar-refractivity contribution is 5.87. The van der Waals surface area contributed by atoms with Crippen LogP contribution in [0.2, 0.25) is 0 Å². The Bertz CT molecular complexity index is 1640. The predicted octanol–water partition coefficient (Wildman–Crippen LogP) is 3.99. The Morgan fingerprint density at radius 3 is 2.80 bits per heavy atom. The van der Waals surface area contributed by atoms with Crippen molar-refractivity contribution in [2.75, 3.05) is 33.7 Å². The summed E-state index contributed by atoms with van der Waals surface area (Å²) >= 11 is 0. The van der Waals surface area contributed by atoms with Crippen LogP contribution in [0.1, 0.15) is 43.4 Å². The Kier molecular flexibility index (Phi) is 7.52. The Hall–Kier alpha value is -4.15. The second-order valence-corrected chi connectivity index (χ2v) is 10.6. The molecule has 40 heavy (non-hydrogen) atoms. The minimum absolute atomic E-state index is 0.0227. The number of aromatic amines is 2. The Labute approximate surface area is 233 Å². The first-order valence-corrected chi connectivity index (χ1v) is 14.0. The van der Waals surface area contributed by atoms with Gasteiger partial charge in [0.1, 0.15) is 11.6 Å². The number of likely N-dealkylation sites (N-methyl/N-ethyl adjacent to an activating group) is 1. The van der Waals surface area contributed by atoms with Crippen molar-refractivity contribution in [3.05, 3.63) is 60.3 Å². The van der Waals surface area contributed by atoms with Crippen molar-refractivity contribution < 1.29 is 4.79 Å². The van der Waals surface area contributed by atoms with Crippen LogP contribution in [0.25, 0.3) is 44.5 Å². The highest BCUT2D eigenvalue weighted by Gasteiger charge is 2.25. The molecule has 0 spiro atoms. The molecule has 1 unspecified atom stereocenters. The minimum atomic E-state index is 0.0227. The molecule has 1 saturated heterocycles. The van der Waals surface area contributed by atoms with Gasteiger partial charge in [-0.1, -0.05) is 18.2 Å². The number of H-pyrrole nitrogens is 2. The van der Waals surface area contributed by atoms with E-state index in [1.165, 1.54) is 6.42 Å². The quantitative estimate of drug-likeness (QED) is 0.198. The maximum Gasteiger partial charge on any atom is 0.233 e. The average Bonchev–Trinajstić information content (AvgIpc) is 3.71. The molecule has 10 heteroatoms. The van der Waals surface area contributed by atoms with E-state index in [-0.39, 0.29) is 5.91 Å². The van der Waals surface area contributed by atoms with Crippen LogP contribution in [0.4, 0.5) is 0 Å². The van der Waals surface area contributed by atoms with Crippen LogP contribution in [-0.2, 0) is 11.2 Å². The number of hydrogen-bond acceptors (Lipinski definition) is 7. The Balaban J connectivity index is 1.13. The molecule has 1 atom stereocenters. The van der Waals surface area contributed by atoms with Crippen molar-refractivity contribution in [3.63, 3.8) is 0 Å². The average molecular weight is 538 g/mol. The zero-order valence-electron chi connectivity index (χ0n) is 23.0.